The number of fused-ring (bicyclic) bond motifs is 3. The zero-order valence-corrected chi connectivity index (χ0v) is 11.2. The van der Waals surface area contributed by atoms with Crippen molar-refractivity contribution in [1.82, 2.24) is 4.57 Å². The molecule has 0 spiro atoms. The zero-order valence-electron chi connectivity index (χ0n) is 11.2. The smallest absolute Gasteiger partial charge is 0.332 e. The highest BCUT2D eigenvalue weighted by molar-refractivity contribution is 6.08. The molecule has 1 heterocycles. The van der Waals surface area contributed by atoms with Gasteiger partial charge in [-0.1, -0.05) is 43.0 Å². The van der Waals surface area contributed by atoms with Crippen molar-refractivity contribution in [3.63, 3.8) is 0 Å². The third kappa shape index (κ3) is 1.88. The Labute approximate surface area is 117 Å². The van der Waals surface area contributed by atoms with Crippen LogP contribution in [0.2, 0.25) is 0 Å². The number of carbonyl (C=O) groups is 1. The van der Waals surface area contributed by atoms with Crippen molar-refractivity contribution in [2.75, 3.05) is 0 Å². The molecule has 0 aliphatic rings. The molecule has 3 nitrogen and oxygen atoms in total. The average Bonchev–Trinajstić information content (AvgIpc) is 2.81. The number of hydrogen-bond acceptors (Lipinski definition) is 2. The van der Waals surface area contributed by atoms with Crippen molar-refractivity contribution >= 4 is 27.8 Å². The first kappa shape index (κ1) is 12.5. The Hall–Kier alpha value is -2.55. The molecule has 3 rings (SSSR count). The monoisotopic (exact) mass is 265 g/mol. The molecule has 0 radical (unpaired) electrons. The van der Waals surface area contributed by atoms with Gasteiger partial charge >= 0.3 is 5.97 Å². The van der Waals surface area contributed by atoms with Gasteiger partial charge in [0.05, 0.1) is 11.0 Å². The minimum atomic E-state index is -0.417. The second kappa shape index (κ2) is 4.85. The molecule has 0 amide bonds. The number of ether oxygens (including phenoxy) is 1. The lowest BCUT2D eigenvalue weighted by molar-refractivity contribution is -0.145. The number of nitrogens with zero attached hydrogens (tertiary/aromatic N) is 1. The van der Waals surface area contributed by atoms with Crippen molar-refractivity contribution in [2.24, 2.45) is 0 Å². The van der Waals surface area contributed by atoms with E-state index in [0.29, 0.717) is 0 Å². The molecule has 0 bridgehead atoms. The molecule has 1 aromatic heterocycles. The first-order chi connectivity index (χ1) is 9.72. The Morgan fingerprint density at radius 3 is 2.10 bits per heavy atom. The van der Waals surface area contributed by atoms with Crippen LogP contribution in [0.15, 0.2) is 61.2 Å². The molecule has 100 valence electrons. The summed E-state index contributed by atoms with van der Waals surface area (Å²) in [5, 5.41) is 2.31. The summed E-state index contributed by atoms with van der Waals surface area (Å²) in [5.41, 5.74) is 2.11. The van der Waals surface area contributed by atoms with Gasteiger partial charge in [-0.05, 0) is 19.1 Å². The minimum absolute atomic E-state index is 0.384. The Balaban J connectivity index is 2.26. The molecular weight excluding hydrogens is 250 g/mol. The summed E-state index contributed by atoms with van der Waals surface area (Å²) in [4.78, 5) is 11.4. The van der Waals surface area contributed by atoms with Crippen LogP contribution in [0.1, 0.15) is 13.2 Å². The van der Waals surface area contributed by atoms with Gasteiger partial charge in [0, 0.05) is 16.8 Å². The molecule has 0 aliphatic heterocycles. The van der Waals surface area contributed by atoms with Crippen LogP contribution in [0.3, 0.4) is 0 Å². The van der Waals surface area contributed by atoms with E-state index in [1.165, 1.54) is 6.08 Å². The summed E-state index contributed by atoms with van der Waals surface area (Å²) < 4.78 is 7.40. The Bertz CT molecular complexity index is 748. The van der Waals surface area contributed by atoms with Gasteiger partial charge in [-0.3, -0.25) is 0 Å². The number of esters is 1. The molecule has 1 unspecified atom stereocenters. The minimum Gasteiger partial charge on any atom is -0.438 e. The van der Waals surface area contributed by atoms with E-state index in [1.54, 1.807) is 0 Å². The summed E-state index contributed by atoms with van der Waals surface area (Å²) in [5.74, 6) is -0.417. The Kier molecular flexibility index (Phi) is 3.03. The Morgan fingerprint density at radius 2 is 1.60 bits per heavy atom. The first-order valence-electron chi connectivity index (χ1n) is 6.53. The second-order valence-electron chi connectivity index (χ2n) is 4.64. The highest BCUT2D eigenvalue weighted by Gasteiger charge is 2.16. The predicted molar refractivity (Wildman–Crippen MR) is 80.4 cm³/mol. The lowest BCUT2D eigenvalue weighted by Gasteiger charge is -2.16. The fraction of sp³-hybridized carbons (Fsp3) is 0.118. The largest absolute Gasteiger partial charge is 0.438 e. The van der Waals surface area contributed by atoms with Crippen molar-refractivity contribution in [3.05, 3.63) is 61.2 Å². The molecule has 0 aliphatic carbocycles. The van der Waals surface area contributed by atoms with Gasteiger partial charge in [-0.2, -0.15) is 0 Å². The zero-order chi connectivity index (χ0) is 14.1. The third-order valence-corrected chi connectivity index (χ3v) is 3.43. The predicted octanol–water partition coefficient (Wildman–Crippen LogP) is 4.04. The van der Waals surface area contributed by atoms with Crippen LogP contribution in [-0.4, -0.2) is 10.5 Å². The summed E-state index contributed by atoms with van der Waals surface area (Å²) in [6.45, 7) is 5.30. The van der Waals surface area contributed by atoms with Crippen LogP contribution < -0.4 is 0 Å². The van der Waals surface area contributed by atoms with Gasteiger partial charge in [-0.25, -0.2) is 4.79 Å². The summed E-state index contributed by atoms with van der Waals surface area (Å²) in [7, 11) is 0. The Morgan fingerprint density at radius 1 is 1.10 bits per heavy atom. The second-order valence-corrected chi connectivity index (χ2v) is 4.64. The maximum Gasteiger partial charge on any atom is 0.332 e. The normalized spacial score (nSPS) is 12.4. The number of carbonyl (C=O) groups excluding carboxylic acids is 1. The molecule has 0 N–H and O–H groups in total. The van der Waals surface area contributed by atoms with E-state index in [0.717, 1.165) is 21.8 Å². The van der Waals surface area contributed by atoms with Gasteiger partial charge in [-0.15, -0.1) is 0 Å². The summed E-state index contributed by atoms with van der Waals surface area (Å²) in [6, 6.07) is 16.2. The fourth-order valence-corrected chi connectivity index (χ4v) is 2.61. The van der Waals surface area contributed by atoms with Gasteiger partial charge in [0.1, 0.15) is 0 Å². The number of hydrogen-bond donors (Lipinski definition) is 0. The summed E-state index contributed by atoms with van der Waals surface area (Å²) in [6.07, 6.45) is 0.801. The topological polar surface area (TPSA) is 31.2 Å². The van der Waals surface area contributed by atoms with Crippen molar-refractivity contribution in [1.29, 1.82) is 0 Å². The van der Waals surface area contributed by atoms with Gasteiger partial charge < -0.3 is 9.30 Å². The van der Waals surface area contributed by atoms with Gasteiger partial charge in [0.2, 0.25) is 0 Å². The van der Waals surface area contributed by atoms with Gasteiger partial charge in [0.15, 0.2) is 6.23 Å². The van der Waals surface area contributed by atoms with Crippen LogP contribution >= 0.6 is 0 Å². The SMILES string of the molecule is C=CC(=O)OC(C)n1c2ccccc2c2ccccc21. The van der Waals surface area contributed by atoms with Crippen LogP contribution in [-0.2, 0) is 9.53 Å². The fourth-order valence-electron chi connectivity index (χ4n) is 2.61. The van der Waals surface area contributed by atoms with Gasteiger partial charge in [0.25, 0.3) is 0 Å². The first-order valence-corrected chi connectivity index (χ1v) is 6.53. The third-order valence-electron chi connectivity index (χ3n) is 3.43. The summed E-state index contributed by atoms with van der Waals surface area (Å²) >= 11 is 0. The highest BCUT2D eigenvalue weighted by Crippen LogP contribution is 2.31. The number of benzene rings is 2. The van der Waals surface area contributed by atoms with E-state index in [9.17, 15) is 4.79 Å². The molecule has 0 saturated heterocycles. The quantitative estimate of drug-likeness (QED) is 0.528. The lowest BCUT2D eigenvalue weighted by Crippen LogP contribution is -2.12. The molecule has 0 saturated carbocycles. The van der Waals surface area contributed by atoms with Crippen LogP contribution in [0.5, 0.6) is 0 Å². The highest BCUT2D eigenvalue weighted by atomic mass is 16.6. The maximum absolute atomic E-state index is 11.4. The van der Waals surface area contributed by atoms with Crippen molar-refractivity contribution in [2.45, 2.75) is 13.2 Å². The molecule has 2 aromatic carbocycles. The van der Waals surface area contributed by atoms with Crippen LogP contribution in [0.25, 0.3) is 21.8 Å². The maximum atomic E-state index is 11.4. The van der Waals surface area contributed by atoms with Crippen molar-refractivity contribution in [3.8, 4) is 0 Å². The van der Waals surface area contributed by atoms with E-state index in [1.807, 2.05) is 47.9 Å². The molecule has 3 aromatic rings. The van der Waals surface area contributed by atoms with Crippen LogP contribution in [0.4, 0.5) is 0 Å². The number of aromatic nitrogens is 1. The van der Waals surface area contributed by atoms with E-state index in [4.69, 9.17) is 4.74 Å². The molecule has 0 fully saturated rings. The lowest BCUT2D eigenvalue weighted by atomic mass is 10.2. The molecule has 3 heteroatoms. The van der Waals surface area contributed by atoms with E-state index in [2.05, 4.69) is 18.7 Å². The number of rotatable bonds is 3. The van der Waals surface area contributed by atoms with E-state index >= 15 is 0 Å². The van der Waals surface area contributed by atoms with E-state index < -0.39 is 5.97 Å². The number of para-hydroxylation sites is 2. The molecule has 1 atom stereocenters. The molecule has 20 heavy (non-hydrogen) atoms. The average molecular weight is 265 g/mol. The van der Waals surface area contributed by atoms with E-state index in [-0.39, 0.29) is 6.23 Å². The molecular formula is C17H15NO2. The van der Waals surface area contributed by atoms with Crippen LogP contribution in [0, 0.1) is 0 Å². The standard InChI is InChI=1S/C17H15NO2/c1-3-17(19)20-12(2)18-15-10-6-4-8-13(15)14-9-5-7-11-16(14)18/h3-12H,1H2,2H3. The van der Waals surface area contributed by atoms with Crippen molar-refractivity contribution < 1.29 is 9.53 Å².